The number of benzene rings is 3. The van der Waals surface area contributed by atoms with E-state index < -0.39 is 0 Å². The van der Waals surface area contributed by atoms with Crippen molar-refractivity contribution in [1.29, 1.82) is 0 Å². The molecule has 1 N–H and O–H groups in total. The Labute approximate surface area is 187 Å². The van der Waals surface area contributed by atoms with Crippen LogP contribution in [-0.4, -0.2) is 29.7 Å². The summed E-state index contributed by atoms with van der Waals surface area (Å²) in [5.41, 5.74) is 5.33. The molecule has 0 saturated carbocycles. The number of amides is 1. The lowest BCUT2D eigenvalue weighted by Gasteiger charge is -2.12. The van der Waals surface area contributed by atoms with Gasteiger partial charge in [0.2, 0.25) is 5.91 Å². The van der Waals surface area contributed by atoms with Crippen molar-refractivity contribution in [3.05, 3.63) is 89.7 Å². The largest absolute Gasteiger partial charge is 0.493 e. The van der Waals surface area contributed by atoms with E-state index >= 15 is 0 Å². The van der Waals surface area contributed by atoms with Crippen molar-refractivity contribution in [3.8, 4) is 11.5 Å². The van der Waals surface area contributed by atoms with Crippen molar-refractivity contribution in [1.82, 2.24) is 14.9 Å². The Kier molecular flexibility index (Phi) is 6.70. The second-order valence-electron chi connectivity index (χ2n) is 7.61. The summed E-state index contributed by atoms with van der Waals surface area (Å²) in [6.45, 7) is 1.26. The highest BCUT2D eigenvalue weighted by molar-refractivity contribution is 5.76. The van der Waals surface area contributed by atoms with E-state index in [0.717, 1.165) is 28.7 Å². The van der Waals surface area contributed by atoms with Crippen molar-refractivity contribution in [2.24, 2.45) is 0 Å². The minimum Gasteiger partial charge on any atom is -0.493 e. The highest BCUT2D eigenvalue weighted by atomic mass is 16.5. The predicted octanol–water partition coefficient (Wildman–Crippen LogP) is 4.35. The van der Waals surface area contributed by atoms with Gasteiger partial charge >= 0.3 is 0 Å². The van der Waals surface area contributed by atoms with Crippen molar-refractivity contribution in [2.75, 3.05) is 14.2 Å². The van der Waals surface area contributed by atoms with Crippen LogP contribution in [0, 0.1) is 0 Å². The summed E-state index contributed by atoms with van der Waals surface area (Å²) in [7, 11) is 3.22. The lowest BCUT2D eigenvalue weighted by molar-refractivity contribution is -0.121. The van der Waals surface area contributed by atoms with Gasteiger partial charge in [-0.15, -0.1) is 0 Å². The van der Waals surface area contributed by atoms with E-state index in [2.05, 4.69) is 45.2 Å². The van der Waals surface area contributed by atoms with Crippen molar-refractivity contribution in [3.63, 3.8) is 0 Å². The molecule has 4 aromatic rings. The number of ether oxygens (including phenoxy) is 2. The number of imidazole rings is 1. The molecule has 0 fully saturated rings. The van der Waals surface area contributed by atoms with Gasteiger partial charge in [0.15, 0.2) is 11.5 Å². The van der Waals surface area contributed by atoms with Crippen molar-refractivity contribution in [2.45, 2.75) is 25.9 Å². The number of carbonyl (C=O) groups is 1. The second-order valence-corrected chi connectivity index (χ2v) is 7.61. The minimum atomic E-state index is 0.00355. The zero-order valence-corrected chi connectivity index (χ0v) is 18.4. The van der Waals surface area contributed by atoms with Crippen LogP contribution in [-0.2, 0) is 24.3 Å². The number of carbonyl (C=O) groups excluding carboxylic acids is 1. The number of aryl methyl sites for hydroxylation is 1. The molecule has 164 valence electrons. The molecule has 6 nitrogen and oxygen atoms in total. The van der Waals surface area contributed by atoms with Gasteiger partial charge in [0.25, 0.3) is 0 Å². The second kappa shape index (κ2) is 10.0. The number of fused-ring (bicyclic) bond motifs is 1. The predicted molar refractivity (Wildman–Crippen MR) is 125 cm³/mol. The van der Waals surface area contributed by atoms with E-state index in [1.807, 2.05) is 42.7 Å². The van der Waals surface area contributed by atoms with Crippen LogP contribution >= 0.6 is 0 Å². The van der Waals surface area contributed by atoms with Crippen molar-refractivity contribution >= 4 is 16.9 Å². The first-order valence-electron chi connectivity index (χ1n) is 10.6. The fourth-order valence-electron chi connectivity index (χ4n) is 3.78. The zero-order valence-electron chi connectivity index (χ0n) is 18.4. The van der Waals surface area contributed by atoms with Crippen LogP contribution in [0.15, 0.2) is 73.1 Å². The summed E-state index contributed by atoms with van der Waals surface area (Å²) in [6.07, 6.45) is 2.84. The number of rotatable bonds is 9. The fourth-order valence-corrected chi connectivity index (χ4v) is 3.78. The van der Waals surface area contributed by atoms with Gasteiger partial charge in [0.1, 0.15) is 0 Å². The molecule has 1 amide bonds. The quantitative estimate of drug-likeness (QED) is 0.430. The van der Waals surface area contributed by atoms with E-state index in [1.54, 1.807) is 14.2 Å². The molecule has 0 saturated heterocycles. The minimum absolute atomic E-state index is 0.00355. The molecule has 0 aliphatic carbocycles. The molecule has 3 aromatic carbocycles. The summed E-state index contributed by atoms with van der Waals surface area (Å²) in [6, 6.07) is 22.1. The molecule has 0 unspecified atom stereocenters. The Hall–Kier alpha value is -3.80. The zero-order chi connectivity index (χ0) is 22.3. The van der Waals surface area contributed by atoms with E-state index in [0.29, 0.717) is 30.9 Å². The Morgan fingerprint density at radius 2 is 1.72 bits per heavy atom. The molecule has 1 heterocycles. The number of nitrogens with zero attached hydrogens (tertiary/aromatic N) is 2. The van der Waals surface area contributed by atoms with Crippen LogP contribution in [0.25, 0.3) is 11.0 Å². The first-order chi connectivity index (χ1) is 15.7. The van der Waals surface area contributed by atoms with Crippen LogP contribution in [0.5, 0.6) is 11.5 Å². The van der Waals surface area contributed by atoms with E-state index in [-0.39, 0.29) is 5.91 Å². The average molecular weight is 430 g/mol. The number of para-hydroxylation sites is 3. The lowest BCUT2D eigenvalue weighted by Crippen LogP contribution is -2.23. The molecule has 0 aliphatic rings. The first-order valence-corrected chi connectivity index (χ1v) is 10.6. The van der Waals surface area contributed by atoms with Crippen LogP contribution in [0.4, 0.5) is 0 Å². The molecule has 0 atom stereocenters. The third-order valence-electron chi connectivity index (χ3n) is 5.50. The molecule has 0 spiro atoms. The number of aromatic nitrogens is 2. The van der Waals surface area contributed by atoms with Gasteiger partial charge in [-0.25, -0.2) is 4.98 Å². The molecule has 4 rings (SSSR count). The molecular weight excluding hydrogens is 402 g/mol. The molecule has 0 bridgehead atoms. The monoisotopic (exact) mass is 429 g/mol. The van der Waals surface area contributed by atoms with Gasteiger partial charge in [0.05, 0.1) is 31.6 Å². The van der Waals surface area contributed by atoms with Gasteiger partial charge in [-0.2, -0.15) is 0 Å². The smallest absolute Gasteiger partial charge is 0.220 e. The molecule has 0 radical (unpaired) electrons. The van der Waals surface area contributed by atoms with Gasteiger partial charge in [0, 0.05) is 19.5 Å². The normalized spacial score (nSPS) is 10.8. The number of methoxy groups -OCH3 is 2. The van der Waals surface area contributed by atoms with Gasteiger partial charge in [-0.05, 0) is 41.3 Å². The Morgan fingerprint density at radius 1 is 0.938 bits per heavy atom. The summed E-state index contributed by atoms with van der Waals surface area (Å²) >= 11 is 0. The maximum absolute atomic E-state index is 12.4. The number of hydrogen-bond acceptors (Lipinski definition) is 4. The fraction of sp³-hybridized carbons (Fsp3) is 0.231. The number of hydrogen-bond donors (Lipinski definition) is 1. The van der Waals surface area contributed by atoms with Gasteiger partial charge < -0.3 is 19.4 Å². The third kappa shape index (κ3) is 4.91. The van der Waals surface area contributed by atoms with Crippen LogP contribution in [0.3, 0.4) is 0 Å². The average Bonchev–Trinajstić information content (AvgIpc) is 3.24. The molecule has 32 heavy (non-hydrogen) atoms. The topological polar surface area (TPSA) is 65.4 Å². The Balaban J connectivity index is 1.29. The summed E-state index contributed by atoms with van der Waals surface area (Å²) in [4.78, 5) is 16.8. The Bertz CT molecular complexity index is 1200. The summed E-state index contributed by atoms with van der Waals surface area (Å²) < 4.78 is 12.9. The van der Waals surface area contributed by atoms with E-state index in [9.17, 15) is 4.79 Å². The maximum Gasteiger partial charge on any atom is 0.220 e. The molecule has 0 aliphatic heterocycles. The van der Waals surface area contributed by atoms with Gasteiger partial charge in [-0.1, -0.05) is 48.5 Å². The lowest BCUT2D eigenvalue weighted by atomic mass is 10.1. The number of nitrogens with one attached hydrogen (secondary N) is 1. The molecule has 1 aromatic heterocycles. The SMILES string of the molecule is COc1cccc(CCC(=O)NCc2ccc(Cn3cnc4ccccc43)cc2)c1OC. The van der Waals surface area contributed by atoms with E-state index in [1.165, 1.54) is 5.56 Å². The molecule has 6 heteroatoms. The van der Waals surface area contributed by atoms with Crippen LogP contribution < -0.4 is 14.8 Å². The Morgan fingerprint density at radius 3 is 2.50 bits per heavy atom. The summed E-state index contributed by atoms with van der Waals surface area (Å²) in [5.74, 6) is 1.36. The third-order valence-corrected chi connectivity index (χ3v) is 5.50. The van der Waals surface area contributed by atoms with Crippen molar-refractivity contribution < 1.29 is 14.3 Å². The van der Waals surface area contributed by atoms with E-state index in [4.69, 9.17) is 9.47 Å². The standard InChI is InChI=1S/C26H27N3O3/c1-31-24-9-5-6-21(26(24)32-2)14-15-25(30)27-16-19-10-12-20(13-11-19)17-29-18-28-22-7-3-4-8-23(22)29/h3-13,18H,14-17H2,1-2H3,(H,27,30). The van der Waals surface area contributed by atoms with Crippen LogP contribution in [0.1, 0.15) is 23.1 Å². The molecular formula is C26H27N3O3. The van der Waals surface area contributed by atoms with Crippen LogP contribution in [0.2, 0.25) is 0 Å². The maximum atomic E-state index is 12.4. The highest BCUT2D eigenvalue weighted by Crippen LogP contribution is 2.31. The summed E-state index contributed by atoms with van der Waals surface area (Å²) in [5, 5.41) is 3.00. The first kappa shape index (κ1) is 21.4. The highest BCUT2D eigenvalue weighted by Gasteiger charge is 2.11. The van der Waals surface area contributed by atoms with Gasteiger partial charge in [-0.3, -0.25) is 4.79 Å².